The minimum absolute atomic E-state index is 0.121. The molecule has 2 aliphatic rings. The first-order valence-electron chi connectivity index (χ1n) is 7.05. The number of carbonyl (C=O) groups excluding carboxylic acids is 1. The molecule has 0 saturated carbocycles. The normalized spacial score (nSPS) is 19.7. The average Bonchev–Trinajstić information content (AvgIpc) is 2.46. The Morgan fingerprint density at radius 2 is 2.11 bits per heavy atom. The number of rotatable bonds is 3. The molecule has 0 unspecified atom stereocenters. The van der Waals surface area contributed by atoms with Gasteiger partial charge in [0.05, 0.1) is 0 Å². The van der Waals surface area contributed by atoms with Gasteiger partial charge in [-0.3, -0.25) is 4.79 Å². The molecule has 1 fully saturated rings. The van der Waals surface area contributed by atoms with Crippen LogP contribution in [0.25, 0.3) is 0 Å². The van der Waals surface area contributed by atoms with Crippen LogP contribution in [-0.4, -0.2) is 25.7 Å². The number of hydrogen-bond acceptors (Lipinski definition) is 3. The van der Waals surface area contributed by atoms with E-state index in [4.69, 9.17) is 4.74 Å². The third kappa shape index (κ3) is 3.07. The number of carbonyl (C=O) groups is 1. The van der Waals surface area contributed by atoms with Crippen molar-refractivity contribution in [2.45, 2.75) is 25.7 Å². The topological polar surface area (TPSA) is 50.4 Å². The van der Waals surface area contributed by atoms with Gasteiger partial charge in [-0.25, -0.2) is 0 Å². The highest BCUT2D eigenvalue weighted by Crippen LogP contribution is 2.26. The number of benzene rings is 1. The van der Waals surface area contributed by atoms with Crippen LogP contribution in [0, 0.1) is 5.92 Å². The van der Waals surface area contributed by atoms with E-state index in [-0.39, 0.29) is 5.91 Å². The Balaban J connectivity index is 1.60. The Bertz CT molecular complexity index is 467. The highest BCUT2D eigenvalue weighted by atomic mass is 16.5. The lowest BCUT2D eigenvalue weighted by atomic mass is 9.99. The summed E-state index contributed by atoms with van der Waals surface area (Å²) in [5, 5.41) is 6.42. The molecule has 2 aliphatic heterocycles. The number of nitrogens with one attached hydrogen (secondary N) is 2. The number of amides is 1. The minimum Gasteiger partial charge on any atom is -0.385 e. The van der Waals surface area contributed by atoms with E-state index in [1.165, 1.54) is 5.56 Å². The first-order chi connectivity index (χ1) is 9.31. The Hall–Kier alpha value is -1.55. The highest BCUT2D eigenvalue weighted by molar-refractivity contribution is 5.94. The number of hydrogen-bond donors (Lipinski definition) is 2. The van der Waals surface area contributed by atoms with E-state index in [0.717, 1.165) is 50.4 Å². The maximum Gasteiger partial charge on any atom is 0.224 e. The van der Waals surface area contributed by atoms with Gasteiger partial charge >= 0.3 is 0 Å². The van der Waals surface area contributed by atoms with Gasteiger partial charge in [-0.05, 0) is 48.9 Å². The summed E-state index contributed by atoms with van der Waals surface area (Å²) < 4.78 is 5.37. The smallest absolute Gasteiger partial charge is 0.224 e. The molecule has 0 aromatic heterocycles. The summed E-state index contributed by atoms with van der Waals surface area (Å²) in [5.74, 6) is 0.833. The van der Waals surface area contributed by atoms with Gasteiger partial charge in [0.25, 0.3) is 0 Å². The molecule has 4 nitrogen and oxygen atoms in total. The van der Waals surface area contributed by atoms with E-state index >= 15 is 0 Å². The van der Waals surface area contributed by atoms with Crippen molar-refractivity contribution in [3.05, 3.63) is 23.8 Å². The van der Waals surface area contributed by atoms with Crippen molar-refractivity contribution in [1.82, 2.24) is 0 Å². The molecule has 0 spiro atoms. The van der Waals surface area contributed by atoms with E-state index < -0.39 is 0 Å². The molecule has 102 valence electrons. The third-order valence-corrected chi connectivity index (χ3v) is 3.94. The van der Waals surface area contributed by atoms with Crippen LogP contribution in [0.1, 0.15) is 24.8 Å². The van der Waals surface area contributed by atoms with Crippen LogP contribution in [0.15, 0.2) is 18.2 Å². The monoisotopic (exact) mass is 260 g/mol. The largest absolute Gasteiger partial charge is 0.385 e. The van der Waals surface area contributed by atoms with Gasteiger partial charge in [-0.2, -0.15) is 0 Å². The summed E-state index contributed by atoms with van der Waals surface area (Å²) in [6.07, 6.45) is 3.73. The van der Waals surface area contributed by atoms with E-state index in [2.05, 4.69) is 16.7 Å². The lowest BCUT2D eigenvalue weighted by Gasteiger charge is -2.23. The molecule has 2 N–H and O–H groups in total. The summed E-state index contributed by atoms with van der Waals surface area (Å²) in [7, 11) is 0. The second-order valence-corrected chi connectivity index (χ2v) is 5.36. The molecule has 1 aromatic rings. The zero-order valence-electron chi connectivity index (χ0n) is 11.1. The van der Waals surface area contributed by atoms with Crippen molar-refractivity contribution in [2.24, 2.45) is 5.92 Å². The molecule has 2 heterocycles. The van der Waals surface area contributed by atoms with E-state index in [0.29, 0.717) is 12.3 Å². The zero-order valence-corrected chi connectivity index (χ0v) is 11.1. The summed E-state index contributed by atoms with van der Waals surface area (Å²) in [6.45, 7) is 2.79. The van der Waals surface area contributed by atoms with Crippen LogP contribution in [0.3, 0.4) is 0 Å². The number of aryl methyl sites for hydroxylation is 1. The van der Waals surface area contributed by atoms with Crippen molar-refractivity contribution < 1.29 is 9.53 Å². The minimum atomic E-state index is 0.121. The van der Waals surface area contributed by atoms with E-state index in [9.17, 15) is 4.79 Å². The lowest BCUT2D eigenvalue weighted by molar-refractivity contribution is -0.116. The number of fused-ring (bicyclic) bond motifs is 1. The van der Waals surface area contributed by atoms with Crippen LogP contribution in [-0.2, 0) is 16.0 Å². The Morgan fingerprint density at radius 3 is 2.95 bits per heavy atom. The molecular formula is C15H20N2O2. The first-order valence-corrected chi connectivity index (χ1v) is 7.05. The quantitative estimate of drug-likeness (QED) is 0.877. The van der Waals surface area contributed by atoms with E-state index in [1.54, 1.807) is 0 Å². The third-order valence-electron chi connectivity index (χ3n) is 3.94. The van der Waals surface area contributed by atoms with Crippen LogP contribution < -0.4 is 10.6 Å². The summed E-state index contributed by atoms with van der Waals surface area (Å²) >= 11 is 0. The van der Waals surface area contributed by atoms with Gasteiger partial charge < -0.3 is 15.4 Å². The second kappa shape index (κ2) is 5.61. The predicted octanol–water partition coefficient (Wildman–Crippen LogP) is 2.41. The predicted molar refractivity (Wildman–Crippen MR) is 75.4 cm³/mol. The number of ether oxygens (including phenoxy) is 1. The van der Waals surface area contributed by atoms with E-state index in [1.807, 2.05) is 12.1 Å². The first kappa shape index (κ1) is 12.5. The SMILES string of the molecule is O=C1CCc2cc(NCC3CCOCC3)ccc2N1. The molecule has 19 heavy (non-hydrogen) atoms. The van der Waals surface area contributed by atoms with Crippen LogP contribution in [0.5, 0.6) is 0 Å². The molecule has 1 amide bonds. The Kier molecular flexibility index (Phi) is 3.69. The molecule has 0 radical (unpaired) electrons. The molecule has 0 atom stereocenters. The fourth-order valence-corrected chi connectivity index (χ4v) is 2.71. The van der Waals surface area contributed by atoms with Gasteiger partial charge in [-0.1, -0.05) is 0 Å². The summed E-state index contributed by atoms with van der Waals surface area (Å²) in [6, 6.07) is 6.20. The maximum atomic E-state index is 11.3. The number of anilines is 2. The van der Waals surface area contributed by atoms with Gasteiger partial charge in [0.2, 0.25) is 5.91 Å². The van der Waals surface area contributed by atoms with Crippen LogP contribution >= 0.6 is 0 Å². The van der Waals surface area contributed by atoms with Crippen molar-refractivity contribution in [3.63, 3.8) is 0 Å². The Morgan fingerprint density at radius 1 is 1.26 bits per heavy atom. The van der Waals surface area contributed by atoms with Crippen molar-refractivity contribution in [2.75, 3.05) is 30.4 Å². The van der Waals surface area contributed by atoms with Gasteiger partial charge in [0, 0.05) is 37.6 Å². The molecule has 3 rings (SSSR count). The van der Waals surface area contributed by atoms with Crippen molar-refractivity contribution in [3.8, 4) is 0 Å². The molecule has 0 aliphatic carbocycles. The zero-order chi connectivity index (χ0) is 13.1. The molecule has 1 aromatic carbocycles. The van der Waals surface area contributed by atoms with Crippen molar-refractivity contribution >= 4 is 17.3 Å². The Labute approximate surface area is 113 Å². The maximum absolute atomic E-state index is 11.3. The van der Waals surface area contributed by atoms with Gasteiger partial charge in [0.15, 0.2) is 0 Å². The fourth-order valence-electron chi connectivity index (χ4n) is 2.71. The van der Waals surface area contributed by atoms with Crippen LogP contribution in [0.2, 0.25) is 0 Å². The summed E-state index contributed by atoms with van der Waals surface area (Å²) in [5.41, 5.74) is 3.35. The molecule has 4 heteroatoms. The average molecular weight is 260 g/mol. The lowest BCUT2D eigenvalue weighted by Crippen LogP contribution is -2.23. The van der Waals surface area contributed by atoms with Gasteiger partial charge in [0.1, 0.15) is 0 Å². The molecular weight excluding hydrogens is 240 g/mol. The van der Waals surface area contributed by atoms with Crippen LogP contribution in [0.4, 0.5) is 11.4 Å². The second-order valence-electron chi connectivity index (χ2n) is 5.36. The highest BCUT2D eigenvalue weighted by Gasteiger charge is 2.16. The fraction of sp³-hybridized carbons (Fsp3) is 0.533. The molecule has 1 saturated heterocycles. The summed E-state index contributed by atoms with van der Waals surface area (Å²) in [4.78, 5) is 11.3. The standard InChI is InChI=1S/C15H20N2O2/c18-15-4-1-12-9-13(2-3-14(12)17-15)16-10-11-5-7-19-8-6-11/h2-3,9,11,16H,1,4-8,10H2,(H,17,18). The molecule has 0 bridgehead atoms. The van der Waals surface area contributed by atoms with Crippen molar-refractivity contribution in [1.29, 1.82) is 0 Å². The van der Waals surface area contributed by atoms with Gasteiger partial charge in [-0.15, -0.1) is 0 Å².